The van der Waals surface area contributed by atoms with E-state index in [-0.39, 0.29) is 12.5 Å². The third-order valence-electron chi connectivity index (χ3n) is 3.12. The van der Waals surface area contributed by atoms with Gasteiger partial charge in [0.15, 0.2) is 0 Å². The average molecular weight is 307 g/mol. The van der Waals surface area contributed by atoms with Gasteiger partial charge in [-0.15, -0.1) is 0 Å². The maximum absolute atomic E-state index is 11.9. The summed E-state index contributed by atoms with van der Waals surface area (Å²) in [7, 11) is 0. The molecule has 0 saturated heterocycles. The lowest BCUT2D eigenvalue weighted by molar-refractivity contribution is -0.129. The van der Waals surface area contributed by atoms with Crippen LogP contribution in [0.4, 0.5) is 0 Å². The number of hydrogen-bond acceptors (Lipinski definition) is 4. The fourth-order valence-electron chi connectivity index (χ4n) is 1.96. The highest BCUT2D eigenvalue weighted by Gasteiger charge is 2.22. The highest BCUT2D eigenvalue weighted by atomic mass is 16.5. The van der Waals surface area contributed by atoms with Gasteiger partial charge in [-0.05, 0) is 17.9 Å². The van der Waals surface area contributed by atoms with E-state index in [9.17, 15) is 9.59 Å². The Morgan fingerprint density at radius 3 is 2.41 bits per heavy atom. The van der Waals surface area contributed by atoms with Crippen molar-refractivity contribution in [2.24, 2.45) is 17.4 Å². The van der Waals surface area contributed by atoms with E-state index < -0.39 is 18.0 Å². The summed E-state index contributed by atoms with van der Waals surface area (Å²) in [6.07, 6.45) is 0.544. The first kappa shape index (κ1) is 18.1. The molecule has 0 fully saturated rings. The lowest BCUT2D eigenvalue weighted by Gasteiger charge is -2.19. The van der Waals surface area contributed by atoms with Gasteiger partial charge in [0.05, 0.1) is 19.3 Å². The third kappa shape index (κ3) is 6.69. The van der Waals surface area contributed by atoms with Gasteiger partial charge in [-0.25, -0.2) is 0 Å². The molecule has 0 aliphatic carbocycles. The predicted molar refractivity (Wildman–Crippen MR) is 84.7 cm³/mol. The van der Waals surface area contributed by atoms with Gasteiger partial charge in [-0.1, -0.05) is 44.2 Å². The van der Waals surface area contributed by atoms with Crippen molar-refractivity contribution < 1.29 is 14.3 Å². The quantitative estimate of drug-likeness (QED) is 0.619. The molecule has 5 N–H and O–H groups in total. The minimum atomic E-state index is -0.880. The van der Waals surface area contributed by atoms with E-state index in [2.05, 4.69) is 5.32 Å². The summed E-state index contributed by atoms with van der Waals surface area (Å²) in [4.78, 5) is 23.3. The average Bonchev–Trinajstić information content (AvgIpc) is 2.46. The molecule has 22 heavy (non-hydrogen) atoms. The van der Waals surface area contributed by atoms with Crippen LogP contribution in [0.2, 0.25) is 0 Å². The Balaban J connectivity index is 2.45. The molecule has 0 saturated carbocycles. The van der Waals surface area contributed by atoms with Gasteiger partial charge < -0.3 is 21.5 Å². The number of primary amides is 1. The summed E-state index contributed by atoms with van der Waals surface area (Å²) in [5.41, 5.74) is 12.1. The summed E-state index contributed by atoms with van der Waals surface area (Å²) >= 11 is 0. The second-order valence-electron chi connectivity index (χ2n) is 5.70. The molecule has 2 unspecified atom stereocenters. The van der Waals surface area contributed by atoms with E-state index in [0.717, 1.165) is 5.56 Å². The first-order valence-corrected chi connectivity index (χ1v) is 7.37. The Labute approximate surface area is 131 Å². The largest absolute Gasteiger partial charge is 0.374 e. The fraction of sp³-hybridized carbons (Fsp3) is 0.500. The number of nitrogens with one attached hydrogen (secondary N) is 1. The molecule has 122 valence electrons. The molecule has 1 aromatic rings. The van der Waals surface area contributed by atoms with Crippen LogP contribution >= 0.6 is 0 Å². The minimum absolute atomic E-state index is 0.0182. The maximum atomic E-state index is 11.9. The van der Waals surface area contributed by atoms with Gasteiger partial charge in [0.2, 0.25) is 11.8 Å². The monoisotopic (exact) mass is 307 g/mol. The highest BCUT2D eigenvalue weighted by Crippen LogP contribution is 2.04. The molecule has 1 aromatic carbocycles. The first-order chi connectivity index (χ1) is 10.4. The third-order valence-corrected chi connectivity index (χ3v) is 3.12. The van der Waals surface area contributed by atoms with Crippen molar-refractivity contribution in [3.63, 3.8) is 0 Å². The zero-order chi connectivity index (χ0) is 16.5. The number of amides is 2. The lowest BCUT2D eigenvalue weighted by Crippen LogP contribution is -2.52. The summed E-state index contributed by atoms with van der Waals surface area (Å²) in [6, 6.07) is 8.00. The highest BCUT2D eigenvalue weighted by molar-refractivity contribution is 5.88. The molecule has 0 radical (unpaired) electrons. The summed E-state index contributed by atoms with van der Waals surface area (Å²) in [6.45, 7) is 4.31. The SMILES string of the molecule is CC(C)CC(N)C(=O)NC(COCc1ccccc1)C(N)=O. The van der Waals surface area contributed by atoms with Crippen LogP contribution in [0.1, 0.15) is 25.8 Å². The molecule has 0 aliphatic heterocycles. The summed E-state index contributed by atoms with van der Waals surface area (Å²) in [5, 5.41) is 2.54. The Morgan fingerprint density at radius 2 is 1.86 bits per heavy atom. The molecular formula is C16H25N3O3. The smallest absolute Gasteiger partial charge is 0.242 e. The fourth-order valence-corrected chi connectivity index (χ4v) is 1.96. The van der Waals surface area contributed by atoms with Crippen molar-refractivity contribution in [1.82, 2.24) is 5.32 Å². The number of carbonyl (C=O) groups excluding carboxylic acids is 2. The van der Waals surface area contributed by atoms with Gasteiger partial charge >= 0.3 is 0 Å². The number of nitrogens with two attached hydrogens (primary N) is 2. The minimum Gasteiger partial charge on any atom is -0.374 e. The topological polar surface area (TPSA) is 107 Å². The first-order valence-electron chi connectivity index (χ1n) is 7.37. The second kappa shape index (κ2) is 9.17. The Bertz CT molecular complexity index is 477. The van der Waals surface area contributed by atoms with Crippen LogP contribution in [0, 0.1) is 5.92 Å². The normalized spacial score (nSPS) is 13.6. The van der Waals surface area contributed by atoms with Crippen molar-refractivity contribution in [2.45, 2.75) is 39.0 Å². The van der Waals surface area contributed by atoms with Crippen LogP contribution in [0.15, 0.2) is 30.3 Å². The van der Waals surface area contributed by atoms with Crippen molar-refractivity contribution in [2.75, 3.05) is 6.61 Å². The Kier molecular flexibility index (Phi) is 7.56. The van der Waals surface area contributed by atoms with Crippen LogP contribution in [-0.4, -0.2) is 30.5 Å². The van der Waals surface area contributed by atoms with Crippen molar-refractivity contribution in [3.05, 3.63) is 35.9 Å². The Hall–Kier alpha value is -1.92. The summed E-state index contributed by atoms with van der Waals surface area (Å²) < 4.78 is 5.45. The van der Waals surface area contributed by atoms with Crippen molar-refractivity contribution in [1.29, 1.82) is 0 Å². The van der Waals surface area contributed by atoms with E-state index in [1.165, 1.54) is 0 Å². The van der Waals surface area contributed by atoms with Crippen LogP contribution in [0.3, 0.4) is 0 Å². The van der Waals surface area contributed by atoms with Crippen molar-refractivity contribution >= 4 is 11.8 Å². The van der Waals surface area contributed by atoms with Gasteiger partial charge in [-0.3, -0.25) is 9.59 Å². The van der Waals surface area contributed by atoms with Gasteiger partial charge in [0.25, 0.3) is 0 Å². The van der Waals surface area contributed by atoms with Gasteiger partial charge in [0.1, 0.15) is 6.04 Å². The molecule has 0 heterocycles. The second-order valence-corrected chi connectivity index (χ2v) is 5.70. The number of carbonyl (C=O) groups is 2. The van der Waals surface area contributed by atoms with E-state index in [1.54, 1.807) is 0 Å². The standard InChI is InChI=1S/C16H25N3O3/c1-11(2)8-13(17)16(21)19-14(15(18)20)10-22-9-12-6-4-3-5-7-12/h3-7,11,13-14H,8-10,17H2,1-2H3,(H2,18,20)(H,19,21). The molecule has 6 heteroatoms. The van der Waals surface area contributed by atoms with E-state index >= 15 is 0 Å². The van der Waals surface area contributed by atoms with Gasteiger partial charge in [-0.2, -0.15) is 0 Å². The molecule has 0 spiro atoms. The molecular weight excluding hydrogens is 282 g/mol. The molecule has 6 nitrogen and oxygen atoms in total. The molecule has 0 aliphatic rings. The molecule has 1 rings (SSSR count). The zero-order valence-electron chi connectivity index (χ0n) is 13.1. The maximum Gasteiger partial charge on any atom is 0.242 e. The van der Waals surface area contributed by atoms with E-state index in [4.69, 9.17) is 16.2 Å². The van der Waals surface area contributed by atoms with Gasteiger partial charge in [0, 0.05) is 0 Å². The Morgan fingerprint density at radius 1 is 1.23 bits per heavy atom. The summed E-state index contributed by atoms with van der Waals surface area (Å²) in [5.74, 6) is -0.735. The number of rotatable bonds is 9. The number of benzene rings is 1. The van der Waals surface area contributed by atoms with Crippen LogP contribution < -0.4 is 16.8 Å². The van der Waals surface area contributed by atoms with Crippen LogP contribution in [0.5, 0.6) is 0 Å². The molecule has 2 amide bonds. The number of hydrogen-bond donors (Lipinski definition) is 3. The zero-order valence-corrected chi connectivity index (χ0v) is 13.1. The lowest BCUT2D eigenvalue weighted by atomic mass is 10.0. The number of ether oxygens (including phenoxy) is 1. The van der Waals surface area contributed by atoms with Crippen LogP contribution in [0.25, 0.3) is 0 Å². The van der Waals surface area contributed by atoms with Crippen LogP contribution in [-0.2, 0) is 20.9 Å². The molecule has 0 aromatic heterocycles. The predicted octanol–water partition coefficient (Wildman–Crippen LogP) is 0.547. The molecule has 0 bridgehead atoms. The van der Waals surface area contributed by atoms with Crippen molar-refractivity contribution in [3.8, 4) is 0 Å². The van der Waals surface area contributed by atoms with E-state index in [1.807, 2.05) is 44.2 Å². The molecule has 2 atom stereocenters. The van der Waals surface area contributed by atoms with E-state index in [0.29, 0.717) is 18.9 Å².